The van der Waals surface area contributed by atoms with E-state index in [9.17, 15) is 4.79 Å². The molecule has 2 aromatic heterocycles. The summed E-state index contributed by atoms with van der Waals surface area (Å²) in [5.41, 5.74) is 3.52. The van der Waals surface area contributed by atoms with E-state index in [2.05, 4.69) is 20.5 Å². The standard InChI is InChI=1S/C16H22N4O3/c1-9(15-10(2)19-20-11(15)3)8-13(21)17-12-6-7-14(22-4)18-16(12)23-5/h6-7,9H,8H2,1-5H3,(H,17,21)(H,19,20). The number of aromatic amines is 1. The number of carbonyl (C=O) groups excluding carboxylic acids is 1. The highest BCUT2D eigenvalue weighted by Crippen LogP contribution is 2.27. The predicted molar refractivity (Wildman–Crippen MR) is 87.1 cm³/mol. The minimum atomic E-state index is -0.109. The van der Waals surface area contributed by atoms with Crippen LogP contribution in [-0.2, 0) is 4.79 Å². The van der Waals surface area contributed by atoms with Gasteiger partial charge in [-0.05, 0) is 31.4 Å². The number of hydrogen-bond acceptors (Lipinski definition) is 5. The Hall–Kier alpha value is -2.57. The van der Waals surface area contributed by atoms with Crippen molar-refractivity contribution in [2.24, 2.45) is 0 Å². The molecule has 0 aliphatic heterocycles. The van der Waals surface area contributed by atoms with Crippen molar-refractivity contribution in [1.82, 2.24) is 15.2 Å². The molecule has 1 amide bonds. The molecule has 2 N–H and O–H groups in total. The summed E-state index contributed by atoms with van der Waals surface area (Å²) in [6, 6.07) is 3.38. The summed E-state index contributed by atoms with van der Waals surface area (Å²) in [5.74, 6) is 0.701. The molecule has 0 fully saturated rings. The highest BCUT2D eigenvalue weighted by Gasteiger charge is 2.18. The van der Waals surface area contributed by atoms with Crippen LogP contribution in [0.3, 0.4) is 0 Å². The van der Waals surface area contributed by atoms with E-state index in [1.807, 2.05) is 20.8 Å². The third kappa shape index (κ3) is 3.80. The van der Waals surface area contributed by atoms with Gasteiger partial charge in [0.2, 0.25) is 17.7 Å². The molecule has 2 rings (SSSR count). The van der Waals surface area contributed by atoms with Crippen LogP contribution in [0.4, 0.5) is 5.69 Å². The van der Waals surface area contributed by atoms with Gasteiger partial charge in [-0.1, -0.05) is 6.92 Å². The summed E-state index contributed by atoms with van der Waals surface area (Å²) in [4.78, 5) is 16.5. The van der Waals surface area contributed by atoms with Gasteiger partial charge in [0.1, 0.15) is 5.69 Å². The number of H-pyrrole nitrogens is 1. The number of rotatable bonds is 6. The zero-order valence-corrected chi connectivity index (χ0v) is 14.1. The second-order valence-corrected chi connectivity index (χ2v) is 5.41. The van der Waals surface area contributed by atoms with E-state index in [1.165, 1.54) is 14.2 Å². The van der Waals surface area contributed by atoms with Crippen LogP contribution in [0.15, 0.2) is 12.1 Å². The largest absolute Gasteiger partial charge is 0.481 e. The first-order chi connectivity index (χ1) is 11.0. The van der Waals surface area contributed by atoms with Gasteiger partial charge >= 0.3 is 0 Å². The number of anilines is 1. The number of ether oxygens (including phenoxy) is 2. The van der Waals surface area contributed by atoms with Crippen molar-refractivity contribution in [3.63, 3.8) is 0 Å². The molecule has 7 heteroatoms. The molecule has 0 saturated carbocycles. The maximum atomic E-state index is 12.3. The first-order valence-corrected chi connectivity index (χ1v) is 7.36. The molecule has 0 saturated heterocycles. The van der Waals surface area contributed by atoms with E-state index in [0.717, 1.165) is 17.0 Å². The van der Waals surface area contributed by atoms with Crippen LogP contribution in [0.5, 0.6) is 11.8 Å². The zero-order valence-electron chi connectivity index (χ0n) is 14.1. The highest BCUT2D eigenvalue weighted by molar-refractivity contribution is 5.92. The second kappa shape index (κ2) is 7.13. The summed E-state index contributed by atoms with van der Waals surface area (Å²) in [5, 5.41) is 9.95. The van der Waals surface area contributed by atoms with Crippen LogP contribution in [0.25, 0.3) is 0 Å². The summed E-state index contributed by atoms with van der Waals surface area (Å²) in [6.07, 6.45) is 0.344. The molecule has 2 aromatic rings. The third-order valence-electron chi connectivity index (χ3n) is 3.68. The molecule has 23 heavy (non-hydrogen) atoms. The Morgan fingerprint density at radius 2 is 2.04 bits per heavy atom. The minimum absolute atomic E-state index is 0.0611. The van der Waals surface area contributed by atoms with Gasteiger partial charge in [0.25, 0.3) is 0 Å². The number of amides is 1. The Morgan fingerprint density at radius 3 is 2.61 bits per heavy atom. The molecule has 7 nitrogen and oxygen atoms in total. The predicted octanol–water partition coefficient (Wildman–Crippen LogP) is 2.57. The van der Waals surface area contributed by atoms with Gasteiger partial charge in [-0.25, -0.2) is 0 Å². The molecule has 0 radical (unpaired) electrons. The van der Waals surface area contributed by atoms with E-state index < -0.39 is 0 Å². The number of hydrogen-bond donors (Lipinski definition) is 2. The van der Waals surface area contributed by atoms with E-state index >= 15 is 0 Å². The maximum absolute atomic E-state index is 12.3. The number of nitrogens with zero attached hydrogens (tertiary/aromatic N) is 2. The average molecular weight is 318 g/mol. The Bertz CT molecular complexity index is 677. The van der Waals surface area contributed by atoms with Crippen molar-refractivity contribution >= 4 is 11.6 Å². The Labute approximate surface area is 135 Å². The van der Waals surface area contributed by atoms with Crippen molar-refractivity contribution in [3.8, 4) is 11.8 Å². The van der Waals surface area contributed by atoms with Gasteiger partial charge < -0.3 is 14.8 Å². The molecule has 0 aliphatic carbocycles. The lowest BCUT2D eigenvalue weighted by Crippen LogP contribution is -2.16. The van der Waals surface area contributed by atoms with Crippen molar-refractivity contribution in [2.75, 3.05) is 19.5 Å². The number of nitrogens with one attached hydrogen (secondary N) is 2. The van der Waals surface area contributed by atoms with Gasteiger partial charge in [-0.2, -0.15) is 10.1 Å². The lowest BCUT2D eigenvalue weighted by Gasteiger charge is -2.14. The molecule has 0 aliphatic rings. The Morgan fingerprint density at radius 1 is 1.30 bits per heavy atom. The van der Waals surface area contributed by atoms with Gasteiger partial charge in [0, 0.05) is 18.2 Å². The van der Waals surface area contributed by atoms with Gasteiger partial charge in [0.15, 0.2) is 0 Å². The molecule has 1 unspecified atom stereocenters. The first-order valence-electron chi connectivity index (χ1n) is 7.36. The van der Waals surface area contributed by atoms with Gasteiger partial charge in [-0.3, -0.25) is 9.89 Å². The van der Waals surface area contributed by atoms with Crippen LogP contribution in [0.1, 0.15) is 36.2 Å². The van der Waals surface area contributed by atoms with E-state index in [1.54, 1.807) is 12.1 Å². The summed E-state index contributed by atoms with van der Waals surface area (Å²) >= 11 is 0. The van der Waals surface area contributed by atoms with Crippen LogP contribution in [-0.4, -0.2) is 35.3 Å². The SMILES string of the molecule is COc1ccc(NC(=O)CC(C)c2c(C)n[nH]c2C)c(OC)n1. The van der Waals surface area contributed by atoms with Crippen LogP contribution in [0.2, 0.25) is 0 Å². The fourth-order valence-corrected chi connectivity index (χ4v) is 2.65. The van der Waals surface area contributed by atoms with Gasteiger partial charge in [0.05, 0.1) is 19.9 Å². The number of pyridine rings is 1. The first kappa shape index (κ1) is 16.8. The smallest absolute Gasteiger partial charge is 0.240 e. The van der Waals surface area contributed by atoms with Crippen molar-refractivity contribution in [3.05, 3.63) is 29.1 Å². The summed E-state index contributed by atoms with van der Waals surface area (Å²) in [6.45, 7) is 5.90. The van der Waals surface area contributed by atoms with Gasteiger partial charge in [-0.15, -0.1) is 0 Å². The van der Waals surface area contributed by atoms with Crippen molar-refractivity contribution in [2.45, 2.75) is 33.1 Å². The van der Waals surface area contributed by atoms with E-state index in [0.29, 0.717) is 23.9 Å². The number of carbonyl (C=O) groups is 1. The fraction of sp³-hybridized carbons (Fsp3) is 0.438. The maximum Gasteiger partial charge on any atom is 0.240 e. The third-order valence-corrected chi connectivity index (χ3v) is 3.68. The molecule has 2 heterocycles. The minimum Gasteiger partial charge on any atom is -0.481 e. The Kier molecular flexibility index (Phi) is 5.20. The molecular formula is C16H22N4O3. The normalized spacial score (nSPS) is 11.9. The van der Waals surface area contributed by atoms with Crippen LogP contribution >= 0.6 is 0 Å². The number of aromatic nitrogens is 3. The topological polar surface area (TPSA) is 89.1 Å². The molecule has 0 spiro atoms. The summed E-state index contributed by atoms with van der Waals surface area (Å²) in [7, 11) is 3.02. The van der Waals surface area contributed by atoms with Crippen LogP contribution < -0.4 is 14.8 Å². The molecule has 1 atom stereocenters. The average Bonchev–Trinajstić information content (AvgIpc) is 2.86. The number of methoxy groups -OCH3 is 2. The molecule has 0 aromatic carbocycles. The molecule has 0 bridgehead atoms. The lowest BCUT2D eigenvalue weighted by molar-refractivity contribution is -0.116. The van der Waals surface area contributed by atoms with E-state index in [4.69, 9.17) is 9.47 Å². The fourth-order valence-electron chi connectivity index (χ4n) is 2.65. The quantitative estimate of drug-likeness (QED) is 0.854. The Balaban J connectivity index is 2.08. The second-order valence-electron chi connectivity index (χ2n) is 5.41. The van der Waals surface area contributed by atoms with Crippen molar-refractivity contribution < 1.29 is 14.3 Å². The molecular weight excluding hydrogens is 296 g/mol. The van der Waals surface area contributed by atoms with E-state index in [-0.39, 0.29) is 11.8 Å². The summed E-state index contributed by atoms with van der Waals surface area (Å²) < 4.78 is 10.2. The zero-order chi connectivity index (χ0) is 17.0. The van der Waals surface area contributed by atoms with Crippen molar-refractivity contribution in [1.29, 1.82) is 0 Å². The number of aryl methyl sites for hydroxylation is 2. The monoisotopic (exact) mass is 318 g/mol. The van der Waals surface area contributed by atoms with Crippen LogP contribution in [0, 0.1) is 13.8 Å². The molecule has 124 valence electrons. The lowest BCUT2D eigenvalue weighted by atomic mass is 9.95. The highest BCUT2D eigenvalue weighted by atomic mass is 16.5.